The van der Waals surface area contributed by atoms with Crippen LogP contribution in [-0.4, -0.2) is 41.0 Å². The Kier molecular flexibility index (Phi) is 4.06. The number of hydrogen-bond acceptors (Lipinski definition) is 5. The van der Waals surface area contributed by atoms with Gasteiger partial charge in [-0.2, -0.15) is 0 Å². The minimum Gasteiger partial charge on any atom is -0.481 e. The van der Waals surface area contributed by atoms with Gasteiger partial charge in [0.15, 0.2) is 0 Å². The van der Waals surface area contributed by atoms with Gasteiger partial charge in [0.2, 0.25) is 5.91 Å². The molecule has 0 spiro atoms. The molecule has 21 heavy (non-hydrogen) atoms. The van der Waals surface area contributed by atoms with Gasteiger partial charge < -0.3 is 15.3 Å². The molecule has 0 aromatic heterocycles. The number of anilines is 1. The molecule has 0 aliphatic carbocycles. The maximum absolute atomic E-state index is 11.8. The van der Waals surface area contributed by atoms with Crippen LogP contribution in [0.1, 0.15) is 12.0 Å². The summed E-state index contributed by atoms with van der Waals surface area (Å²) in [5, 5.41) is 22.4. The average molecular weight is 293 g/mol. The highest BCUT2D eigenvalue weighted by Gasteiger charge is 2.32. The highest BCUT2D eigenvalue weighted by Crippen LogP contribution is 2.27. The van der Waals surface area contributed by atoms with E-state index < -0.39 is 16.9 Å². The highest BCUT2D eigenvalue weighted by atomic mass is 16.6. The summed E-state index contributed by atoms with van der Waals surface area (Å²) in [6, 6.07) is 3.70. The van der Waals surface area contributed by atoms with Crippen LogP contribution in [0.15, 0.2) is 18.2 Å². The average Bonchev–Trinajstić information content (AvgIpc) is 2.40. The number of nitrogens with zero attached hydrogens (tertiary/aromatic N) is 2. The fourth-order valence-electron chi connectivity index (χ4n) is 2.42. The predicted octanol–water partition coefficient (Wildman–Crippen LogP) is 0.683. The van der Waals surface area contributed by atoms with Crippen molar-refractivity contribution in [3.8, 4) is 0 Å². The Morgan fingerprint density at radius 3 is 2.86 bits per heavy atom. The second-order valence-corrected chi connectivity index (χ2v) is 4.83. The Morgan fingerprint density at radius 2 is 2.29 bits per heavy atom. The molecule has 8 heteroatoms. The van der Waals surface area contributed by atoms with E-state index in [9.17, 15) is 19.7 Å². The van der Waals surface area contributed by atoms with Crippen LogP contribution < -0.4 is 10.2 Å². The van der Waals surface area contributed by atoms with Crippen molar-refractivity contribution in [2.75, 3.05) is 18.0 Å². The fraction of sp³-hybridized carbons (Fsp3) is 0.385. The van der Waals surface area contributed by atoms with Gasteiger partial charge in [-0.1, -0.05) is 0 Å². The number of nitro groups is 1. The summed E-state index contributed by atoms with van der Waals surface area (Å²) < 4.78 is 0. The molecule has 0 radical (unpaired) electrons. The maximum atomic E-state index is 11.8. The van der Waals surface area contributed by atoms with E-state index >= 15 is 0 Å². The second kappa shape index (κ2) is 5.78. The number of piperazine rings is 1. The van der Waals surface area contributed by atoms with Crippen molar-refractivity contribution in [2.45, 2.75) is 19.4 Å². The number of carbonyl (C=O) groups is 2. The fourth-order valence-corrected chi connectivity index (χ4v) is 2.42. The first-order valence-corrected chi connectivity index (χ1v) is 6.41. The zero-order valence-corrected chi connectivity index (χ0v) is 11.4. The summed E-state index contributed by atoms with van der Waals surface area (Å²) >= 11 is 0. The van der Waals surface area contributed by atoms with Crippen molar-refractivity contribution in [2.24, 2.45) is 0 Å². The second-order valence-electron chi connectivity index (χ2n) is 4.83. The van der Waals surface area contributed by atoms with Gasteiger partial charge in [-0.15, -0.1) is 0 Å². The summed E-state index contributed by atoms with van der Waals surface area (Å²) in [6.45, 7) is 2.48. The smallest absolute Gasteiger partial charge is 0.305 e. The summed E-state index contributed by atoms with van der Waals surface area (Å²) in [5.74, 6) is -1.42. The molecule has 8 nitrogen and oxygen atoms in total. The Balaban J connectivity index is 2.33. The Labute approximate surface area is 120 Å². The van der Waals surface area contributed by atoms with Gasteiger partial charge in [0.25, 0.3) is 5.69 Å². The van der Waals surface area contributed by atoms with E-state index in [2.05, 4.69) is 5.32 Å². The van der Waals surface area contributed by atoms with Crippen LogP contribution in [0, 0.1) is 17.0 Å². The Morgan fingerprint density at radius 1 is 1.57 bits per heavy atom. The van der Waals surface area contributed by atoms with Gasteiger partial charge in [0.1, 0.15) is 6.04 Å². The molecule has 0 bridgehead atoms. The summed E-state index contributed by atoms with van der Waals surface area (Å²) in [6.07, 6.45) is -0.318. The lowest BCUT2D eigenvalue weighted by atomic mass is 10.1. The van der Waals surface area contributed by atoms with Crippen LogP contribution in [0.5, 0.6) is 0 Å². The van der Waals surface area contributed by atoms with Crippen molar-refractivity contribution < 1.29 is 19.6 Å². The predicted molar refractivity (Wildman–Crippen MR) is 74.2 cm³/mol. The molecule has 1 aliphatic rings. The number of aryl methyl sites for hydroxylation is 1. The summed E-state index contributed by atoms with van der Waals surface area (Å²) in [7, 11) is 0. The number of rotatable bonds is 4. The van der Waals surface area contributed by atoms with Crippen molar-refractivity contribution in [3.05, 3.63) is 33.9 Å². The first-order chi connectivity index (χ1) is 9.90. The molecule has 1 fully saturated rings. The largest absolute Gasteiger partial charge is 0.481 e. The third-order valence-electron chi connectivity index (χ3n) is 3.41. The molecule has 1 amide bonds. The molecule has 112 valence electrons. The Bertz CT molecular complexity index is 601. The minimum atomic E-state index is -1.07. The number of amides is 1. The van der Waals surface area contributed by atoms with Crippen molar-refractivity contribution >= 4 is 23.3 Å². The molecule has 1 unspecified atom stereocenters. The van der Waals surface area contributed by atoms with Gasteiger partial charge in [-0.05, 0) is 19.1 Å². The third-order valence-corrected chi connectivity index (χ3v) is 3.41. The lowest BCUT2D eigenvalue weighted by Gasteiger charge is -2.36. The summed E-state index contributed by atoms with van der Waals surface area (Å²) in [5.41, 5.74) is 1.08. The van der Waals surface area contributed by atoms with Crippen molar-refractivity contribution in [3.63, 3.8) is 0 Å². The van der Waals surface area contributed by atoms with Gasteiger partial charge in [0.05, 0.1) is 11.3 Å². The molecule has 1 aliphatic heterocycles. The molecule has 0 saturated carbocycles. The minimum absolute atomic E-state index is 0.00463. The number of nitro benzene ring substituents is 1. The summed E-state index contributed by atoms with van der Waals surface area (Å²) in [4.78, 5) is 34.8. The Hall–Kier alpha value is -2.64. The third kappa shape index (κ3) is 3.10. The first-order valence-electron chi connectivity index (χ1n) is 6.41. The van der Waals surface area contributed by atoms with Gasteiger partial charge in [-0.3, -0.25) is 19.7 Å². The zero-order chi connectivity index (χ0) is 15.6. The van der Waals surface area contributed by atoms with Crippen LogP contribution in [0.2, 0.25) is 0 Å². The van der Waals surface area contributed by atoms with Crippen molar-refractivity contribution in [1.29, 1.82) is 0 Å². The molecule has 1 heterocycles. The molecule has 2 rings (SSSR count). The van der Waals surface area contributed by atoms with Crippen LogP contribution >= 0.6 is 0 Å². The van der Waals surface area contributed by atoms with E-state index in [0.717, 1.165) is 0 Å². The normalized spacial score (nSPS) is 18.2. The number of nitrogens with one attached hydrogen (secondary N) is 1. The topological polar surface area (TPSA) is 113 Å². The number of carboxylic acids is 1. The molecule has 1 atom stereocenters. The molecule has 1 aromatic carbocycles. The van der Waals surface area contributed by atoms with E-state index in [4.69, 9.17) is 5.11 Å². The van der Waals surface area contributed by atoms with Crippen LogP contribution in [0.4, 0.5) is 11.4 Å². The maximum Gasteiger partial charge on any atom is 0.305 e. The molecule has 2 N–H and O–H groups in total. The van der Waals surface area contributed by atoms with Gasteiger partial charge >= 0.3 is 5.97 Å². The van der Waals surface area contributed by atoms with Crippen LogP contribution in [-0.2, 0) is 9.59 Å². The van der Waals surface area contributed by atoms with E-state index in [-0.39, 0.29) is 18.0 Å². The molecule has 1 saturated heterocycles. The SMILES string of the molecule is Cc1cc(N2CCNC(=O)C2CC(=O)O)ccc1[N+](=O)[O-]. The number of carbonyl (C=O) groups excluding carboxylic acids is 1. The lowest BCUT2D eigenvalue weighted by Crippen LogP contribution is -2.56. The first kappa shape index (κ1) is 14.8. The van der Waals surface area contributed by atoms with Gasteiger partial charge in [-0.25, -0.2) is 0 Å². The van der Waals surface area contributed by atoms with Crippen LogP contribution in [0.3, 0.4) is 0 Å². The number of benzene rings is 1. The number of carboxylic acid groups (broad SMARTS) is 1. The van der Waals surface area contributed by atoms with E-state index in [0.29, 0.717) is 24.3 Å². The highest BCUT2D eigenvalue weighted by molar-refractivity contribution is 5.90. The number of aliphatic carboxylic acids is 1. The quantitative estimate of drug-likeness (QED) is 0.623. The zero-order valence-electron chi connectivity index (χ0n) is 11.4. The number of hydrogen-bond donors (Lipinski definition) is 2. The molecule has 1 aromatic rings. The molecular formula is C13H15N3O5. The molecular weight excluding hydrogens is 278 g/mol. The monoisotopic (exact) mass is 293 g/mol. The van der Waals surface area contributed by atoms with E-state index in [1.54, 1.807) is 24.0 Å². The standard InChI is InChI=1S/C13H15N3O5/c1-8-6-9(2-3-10(8)16(20)21)15-5-4-14-13(19)11(15)7-12(17)18/h2-3,6,11H,4-5,7H2,1H3,(H,14,19)(H,17,18). The van der Waals surface area contributed by atoms with E-state index in [1.807, 2.05) is 0 Å². The lowest BCUT2D eigenvalue weighted by molar-refractivity contribution is -0.385. The van der Waals surface area contributed by atoms with Gasteiger partial charge in [0, 0.05) is 30.4 Å². The van der Waals surface area contributed by atoms with E-state index in [1.165, 1.54) is 6.07 Å². The van der Waals surface area contributed by atoms with Crippen molar-refractivity contribution in [1.82, 2.24) is 5.32 Å². The van der Waals surface area contributed by atoms with Crippen LogP contribution in [0.25, 0.3) is 0 Å².